The summed E-state index contributed by atoms with van der Waals surface area (Å²) in [4.78, 5) is 0. The fraction of sp³-hybridized carbons (Fsp3) is 0.647. The van der Waals surface area contributed by atoms with Crippen molar-refractivity contribution in [3.63, 3.8) is 0 Å². The van der Waals surface area contributed by atoms with Crippen molar-refractivity contribution in [2.75, 3.05) is 13.2 Å². The second kappa shape index (κ2) is 6.57. The molecule has 1 aliphatic rings. The van der Waals surface area contributed by atoms with E-state index in [2.05, 4.69) is 43.6 Å². The van der Waals surface area contributed by atoms with E-state index < -0.39 is 0 Å². The van der Waals surface area contributed by atoms with Crippen molar-refractivity contribution in [2.24, 2.45) is 17.1 Å². The van der Waals surface area contributed by atoms with Crippen LogP contribution in [0, 0.1) is 11.3 Å². The Morgan fingerprint density at radius 2 is 1.76 bits per heavy atom. The summed E-state index contributed by atoms with van der Waals surface area (Å²) in [6.45, 7) is 10.4. The van der Waals surface area contributed by atoms with Gasteiger partial charge in [0.1, 0.15) is 0 Å². The number of halogens is 1. The molecule has 0 saturated carbocycles. The van der Waals surface area contributed by atoms with Crippen LogP contribution < -0.4 is 15.2 Å². The summed E-state index contributed by atoms with van der Waals surface area (Å²) in [5.74, 6) is 2.15. The van der Waals surface area contributed by atoms with Crippen molar-refractivity contribution in [1.82, 2.24) is 0 Å². The van der Waals surface area contributed by atoms with Crippen LogP contribution in [-0.4, -0.2) is 13.2 Å². The third-order valence-corrected chi connectivity index (χ3v) is 5.04. The van der Waals surface area contributed by atoms with Crippen molar-refractivity contribution < 1.29 is 9.47 Å². The standard InChI is InChI=1S/C17H26BrNO2/c1-11(17(2,3)4)8-14(19)12-9-15-16(10-13(12)18)21-7-5-6-20-15/h9-11,14H,5-8,19H2,1-4H3. The third-order valence-electron chi connectivity index (χ3n) is 4.35. The molecule has 118 valence electrons. The summed E-state index contributed by atoms with van der Waals surface area (Å²) in [6.07, 6.45) is 1.86. The number of nitrogens with two attached hydrogens (primary N) is 1. The van der Waals surface area contributed by atoms with E-state index >= 15 is 0 Å². The Morgan fingerprint density at radius 1 is 1.19 bits per heavy atom. The zero-order valence-corrected chi connectivity index (χ0v) is 15.0. The number of fused-ring (bicyclic) bond motifs is 1. The van der Waals surface area contributed by atoms with Crippen LogP contribution in [0.15, 0.2) is 16.6 Å². The Morgan fingerprint density at radius 3 is 2.33 bits per heavy atom. The van der Waals surface area contributed by atoms with Crippen molar-refractivity contribution in [3.05, 3.63) is 22.2 Å². The maximum atomic E-state index is 6.44. The first-order valence-electron chi connectivity index (χ1n) is 7.63. The van der Waals surface area contributed by atoms with E-state index in [1.165, 1.54) is 0 Å². The highest BCUT2D eigenvalue weighted by Crippen LogP contribution is 2.40. The van der Waals surface area contributed by atoms with Gasteiger partial charge < -0.3 is 15.2 Å². The van der Waals surface area contributed by atoms with Gasteiger partial charge in [-0.05, 0) is 35.4 Å². The molecule has 0 spiro atoms. The largest absolute Gasteiger partial charge is 0.490 e. The normalized spacial score (nSPS) is 18.0. The number of benzene rings is 1. The fourth-order valence-electron chi connectivity index (χ4n) is 2.35. The first kappa shape index (κ1) is 16.6. The van der Waals surface area contributed by atoms with Crippen LogP contribution in [-0.2, 0) is 0 Å². The molecule has 1 aliphatic heterocycles. The van der Waals surface area contributed by atoms with Gasteiger partial charge in [0.2, 0.25) is 0 Å². The summed E-state index contributed by atoms with van der Waals surface area (Å²) in [7, 11) is 0. The molecule has 2 rings (SSSR count). The Balaban J connectivity index is 2.21. The lowest BCUT2D eigenvalue weighted by Crippen LogP contribution is -2.23. The van der Waals surface area contributed by atoms with Gasteiger partial charge >= 0.3 is 0 Å². The lowest BCUT2D eigenvalue weighted by atomic mass is 9.78. The lowest BCUT2D eigenvalue weighted by Gasteiger charge is -2.30. The average Bonchev–Trinajstić information content (AvgIpc) is 2.61. The van der Waals surface area contributed by atoms with E-state index in [0.29, 0.717) is 19.1 Å². The predicted octanol–water partition coefficient (Wildman–Crippen LogP) is 4.68. The van der Waals surface area contributed by atoms with Gasteiger partial charge in [-0.15, -0.1) is 0 Å². The summed E-state index contributed by atoms with van der Waals surface area (Å²) < 4.78 is 12.5. The maximum Gasteiger partial charge on any atom is 0.162 e. The Hall–Kier alpha value is -0.740. The number of ether oxygens (including phenoxy) is 2. The molecule has 2 unspecified atom stereocenters. The highest BCUT2D eigenvalue weighted by atomic mass is 79.9. The number of hydrogen-bond acceptors (Lipinski definition) is 3. The van der Waals surface area contributed by atoms with Crippen LogP contribution in [0.4, 0.5) is 0 Å². The second-order valence-electron chi connectivity index (χ2n) is 6.98. The van der Waals surface area contributed by atoms with E-state index in [1.54, 1.807) is 0 Å². The van der Waals surface area contributed by atoms with Crippen LogP contribution in [0.25, 0.3) is 0 Å². The molecule has 0 amide bonds. The highest BCUT2D eigenvalue weighted by Gasteiger charge is 2.25. The lowest BCUT2D eigenvalue weighted by molar-refractivity contribution is 0.233. The molecule has 2 N–H and O–H groups in total. The van der Waals surface area contributed by atoms with E-state index in [1.807, 2.05) is 12.1 Å². The Bertz CT molecular complexity index is 496. The van der Waals surface area contributed by atoms with Gasteiger partial charge in [0.25, 0.3) is 0 Å². The van der Waals surface area contributed by atoms with Gasteiger partial charge in [-0.2, -0.15) is 0 Å². The maximum absolute atomic E-state index is 6.44. The molecule has 0 fully saturated rings. The molecule has 4 heteroatoms. The first-order chi connectivity index (χ1) is 9.79. The van der Waals surface area contributed by atoms with Gasteiger partial charge in [0, 0.05) is 16.9 Å². The van der Waals surface area contributed by atoms with Crippen molar-refractivity contribution in [3.8, 4) is 11.5 Å². The topological polar surface area (TPSA) is 44.5 Å². The SMILES string of the molecule is CC(CC(N)c1cc2c(cc1Br)OCCCO2)C(C)(C)C. The molecule has 1 aromatic rings. The molecule has 21 heavy (non-hydrogen) atoms. The van der Waals surface area contributed by atoms with E-state index in [0.717, 1.165) is 34.4 Å². The molecule has 0 aliphatic carbocycles. The van der Waals surface area contributed by atoms with Crippen molar-refractivity contribution in [1.29, 1.82) is 0 Å². The molecule has 1 aromatic carbocycles. The quantitative estimate of drug-likeness (QED) is 0.855. The second-order valence-corrected chi connectivity index (χ2v) is 7.83. The van der Waals surface area contributed by atoms with E-state index in [-0.39, 0.29) is 11.5 Å². The molecule has 0 aromatic heterocycles. The molecular weight excluding hydrogens is 330 g/mol. The molecule has 2 atom stereocenters. The van der Waals surface area contributed by atoms with Gasteiger partial charge in [-0.3, -0.25) is 0 Å². The highest BCUT2D eigenvalue weighted by molar-refractivity contribution is 9.10. The molecule has 0 radical (unpaired) electrons. The van der Waals surface area contributed by atoms with E-state index in [4.69, 9.17) is 15.2 Å². The summed E-state index contributed by atoms with van der Waals surface area (Å²) in [5, 5.41) is 0. The molecular formula is C17H26BrNO2. The van der Waals surface area contributed by atoms with Crippen LogP contribution in [0.3, 0.4) is 0 Å². The zero-order valence-electron chi connectivity index (χ0n) is 13.4. The molecule has 1 heterocycles. The molecule has 0 saturated heterocycles. The summed E-state index contributed by atoms with van der Waals surface area (Å²) in [5.41, 5.74) is 7.79. The van der Waals surface area contributed by atoms with Crippen LogP contribution in [0.2, 0.25) is 0 Å². The minimum Gasteiger partial charge on any atom is -0.490 e. The minimum absolute atomic E-state index is 0.00856. The monoisotopic (exact) mass is 355 g/mol. The minimum atomic E-state index is -0.00856. The van der Waals surface area contributed by atoms with Gasteiger partial charge in [0.15, 0.2) is 11.5 Å². The molecule has 0 bridgehead atoms. The third kappa shape index (κ3) is 4.13. The van der Waals surface area contributed by atoms with Gasteiger partial charge in [0.05, 0.1) is 13.2 Å². The van der Waals surface area contributed by atoms with Crippen LogP contribution >= 0.6 is 15.9 Å². The first-order valence-corrected chi connectivity index (χ1v) is 8.43. The van der Waals surface area contributed by atoms with Gasteiger partial charge in [-0.25, -0.2) is 0 Å². The smallest absolute Gasteiger partial charge is 0.162 e. The summed E-state index contributed by atoms with van der Waals surface area (Å²) >= 11 is 3.63. The zero-order chi connectivity index (χ0) is 15.6. The fourth-order valence-corrected chi connectivity index (χ4v) is 2.96. The van der Waals surface area contributed by atoms with E-state index in [9.17, 15) is 0 Å². The van der Waals surface area contributed by atoms with Crippen molar-refractivity contribution >= 4 is 15.9 Å². The average molecular weight is 356 g/mol. The Labute approximate surface area is 136 Å². The van der Waals surface area contributed by atoms with Crippen molar-refractivity contribution in [2.45, 2.75) is 46.6 Å². The summed E-state index contributed by atoms with van der Waals surface area (Å²) in [6, 6.07) is 4.01. The number of hydrogen-bond donors (Lipinski definition) is 1. The number of rotatable bonds is 3. The predicted molar refractivity (Wildman–Crippen MR) is 89.9 cm³/mol. The Kier molecular flexibility index (Phi) is 5.20. The van der Waals surface area contributed by atoms with Crippen LogP contribution in [0.1, 0.15) is 52.1 Å². The van der Waals surface area contributed by atoms with Crippen LogP contribution in [0.5, 0.6) is 11.5 Å². The molecule has 3 nitrogen and oxygen atoms in total. The van der Waals surface area contributed by atoms with Gasteiger partial charge in [-0.1, -0.05) is 43.6 Å².